The number of Topliss-reactive ketones (excluding diaryl/α,β-unsaturated/α-hetero) is 1. The first-order valence-corrected chi connectivity index (χ1v) is 8.55. The van der Waals surface area contributed by atoms with E-state index in [0.717, 1.165) is 31.6 Å². The topological polar surface area (TPSA) is 64.8 Å². The van der Waals surface area contributed by atoms with Crippen LogP contribution in [0.3, 0.4) is 0 Å². The number of nitrogens with zero attached hydrogens (tertiary/aromatic N) is 1. The predicted molar refractivity (Wildman–Crippen MR) is 84.7 cm³/mol. The number of carbonyl (C=O) groups excluding carboxylic acids is 1. The second-order valence-electron chi connectivity index (χ2n) is 7.39. The maximum absolute atomic E-state index is 12.7. The van der Waals surface area contributed by atoms with Crippen molar-refractivity contribution in [3.05, 3.63) is 23.3 Å². The van der Waals surface area contributed by atoms with E-state index in [-0.39, 0.29) is 24.0 Å². The molecule has 1 unspecified atom stereocenters. The molecule has 4 aliphatic rings. The van der Waals surface area contributed by atoms with E-state index in [0.29, 0.717) is 24.1 Å². The minimum Gasteiger partial charge on any atom is -0.477 e. The smallest absolute Gasteiger partial charge is 0.174 e. The molecule has 1 spiro atoms. The number of ketones is 1. The Morgan fingerprint density at radius 2 is 2.35 bits per heavy atom. The molecular formula is C18H22N2O3. The molecule has 1 saturated heterocycles. The quantitative estimate of drug-likeness (QED) is 0.832. The zero-order valence-corrected chi connectivity index (χ0v) is 13.4. The lowest BCUT2D eigenvalue weighted by atomic mass is 9.52. The van der Waals surface area contributed by atoms with Gasteiger partial charge in [0.2, 0.25) is 0 Å². The van der Waals surface area contributed by atoms with Crippen molar-refractivity contribution in [2.24, 2.45) is 11.7 Å². The summed E-state index contributed by atoms with van der Waals surface area (Å²) >= 11 is 0. The highest BCUT2D eigenvalue weighted by Crippen LogP contribution is 2.63. The number of hydrogen-bond acceptors (Lipinski definition) is 5. The van der Waals surface area contributed by atoms with Crippen molar-refractivity contribution in [1.82, 2.24) is 4.90 Å². The van der Waals surface area contributed by atoms with Crippen LogP contribution >= 0.6 is 0 Å². The van der Waals surface area contributed by atoms with Gasteiger partial charge in [0, 0.05) is 23.4 Å². The van der Waals surface area contributed by atoms with Gasteiger partial charge in [0.15, 0.2) is 23.4 Å². The Bertz CT molecular complexity index is 704. The molecule has 122 valence electrons. The largest absolute Gasteiger partial charge is 0.477 e. The van der Waals surface area contributed by atoms with Crippen LogP contribution < -0.4 is 15.2 Å². The van der Waals surface area contributed by atoms with Crippen molar-refractivity contribution in [3.8, 4) is 11.5 Å². The molecule has 5 rings (SSSR count). The summed E-state index contributed by atoms with van der Waals surface area (Å²) in [6.45, 7) is 1.14. The van der Waals surface area contributed by atoms with Crippen molar-refractivity contribution in [3.63, 3.8) is 0 Å². The van der Waals surface area contributed by atoms with E-state index in [9.17, 15) is 4.79 Å². The number of likely N-dealkylation sites (tertiary alicyclic amines) is 1. The fourth-order valence-corrected chi connectivity index (χ4v) is 5.71. The average molecular weight is 314 g/mol. The molecule has 5 heteroatoms. The normalized spacial score (nSPS) is 37.3. The summed E-state index contributed by atoms with van der Waals surface area (Å²) in [4.78, 5) is 15.1. The maximum Gasteiger partial charge on any atom is 0.174 e. The lowest BCUT2D eigenvalue weighted by Gasteiger charge is -2.57. The van der Waals surface area contributed by atoms with E-state index in [2.05, 4.69) is 18.0 Å². The number of piperidine rings is 1. The van der Waals surface area contributed by atoms with Crippen LogP contribution in [0.15, 0.2) is 12.1 Å². The first kappa shape index (κ1) is 13.8. The van der Waals surface area contributed by atoms with Gasteiger partial charge in [-0.05, 0) is 50.4 Å². The summed E-state index contributed by atoms with van der Waals surface area (Å²) < 4.78 is 11.9. The number of carbonyl (C=O) groups is 1. The van der Waals surface area contributed by atoms with Crippen LogP contribution in [0.4, 0.5) is 0 Å². The zero-order chi connectivity index (χ0) is 15.8. The third-order valence-electron chi connectivity index (χ3n) is 6.61. The van der Waals surface area contributed by atoms with Crippen LogP contribution in [0.1, 0.15) is 30.4 Å². The van der Waals surface area contributed by atoms with Crippen LogP contribution in [0.25, 0.3) is 0 Å². The van der Waals surface area contributed by atoms with Gasteiger partial charge in [0.05, 0.1) is 0 Å². The average Bonchev–Trinajstić information content (AvgIpc) is 2.90. The van der Waals surface area contributed by atoms with Gasteiger partial charge in [-0.15, -0.1) is 0 Å². The van der Waals surface area contributed by atoms with Crippen LogP contribution in [0, 0.1) is 5.92 Å². The Kier molecular flexibility index (Phi) is 2.69. The minimum atomic E-state index is -0.325. The molecule has 2 bridgehead atoms. The number of benzene rings is 1. The molecule has 2 heterocycles. The second-order valence-corrected chi connectivity index (χ2v) is 7.39. The Hall–Kier alpha value is -1.59. The number of likely N-dealkylation sites (N-methyl/N-ethyl adjacent to an activating group) is 1. The molecule has 2 N–H and O–H groups in total. The Balaban J connectivity index is 1.77. The minimum absolute atomic E-state index is 0.121. The second kappa shape index (κ2) is 4.48. The number of rotatable bonds is 2. The van der Waals surface area contributed by atoms with Crippen LogP contribution in [-0.2, 0) is 16.6 Å². The third kappa shape index (κ3) is 1.52. The molecule has 1 aromatic rings. The summed E-state index contributed by atoms with van der Waals surface area (Å²) in [6.07, 6.45) is 3.33. The molecule has 0 radical (unpaired) electrons. The lowest BCUT2D eigenvalue weighted by Crippen LogP contribution is -2.65. The first-order valence-electron chi connectivity index (χ1n) is 8.55. The molecular weight excluding hydrogens is 292 g/mol. The highest BCUT2D eigenvalue weighted by Gasteiger charge is 2.65. The highest BCUT2D eigenvalue weighted by molar-refractivity contribution is 5.89. The Labute approximate surface area is 135 Å². The van der Waals surface area contributed by atoms with Crippen molar-refractivity contribution in [2.75, 3.05) is 20.3 Å². The highest BCUT2D eigenvalue weighted by atomic mass is 16.5. The Morgan fingerprint density at radius 1 is 1.48 bits per heavy atom. The summed E-state index contributed by atoms with van der Waals surface area (Å²) in [7, 11) is 2.22. The summed E-state index contributed by atoms with van der Waals surface area (Å²) in [5, 5.41) is 0. The van der Waals surface area contributed by atoms with E-state index in [4.69, 9.17) is 15.2 Å². The fraction of sp³-hybridized carbons (Fsp3) is 0.611. The van der Waals surface area contributed by atoms with E-state index < -0.39 is 0 Å². The standard InChI is InChI=1S/C18H22N2O3/c1-20-7-6-18-11-3-4-13(21)17(18)23-16-14(22-9-19)5-2-10(15(16)18)8-12(11)20/h2,5,11-12,17H,3-4,6-9,19H2,1H3/t11-,12+,17?,18-/m0/s1. The summed E-state index contributed by atoms with van der Waals surface area (Å²) in [5.41, 5.74) is 8.03. The first-order chi connectivity index (χ1) is 11.2. The predicted octanol–water partition coefficient (Wildman–Crippen LogP) is 1.22. The monoisotopic (exact) mass is 314 g/mol. The molecule has 1 saturated carbocycles. The molecule has 5 nitrogen and oxygen atoms in total. The number of nitrogens with two attached hydrogens (primary N) is 1. The number of ether oxygens (including phenoxy) is 2. The van der Waals surface area contributed by atoms with Crippen molar-refractivity contribution >= 4 is 5.78 Å². The molecule has 0 aromatic heterocycles. The van der Waals surface area contributed by atoms with E-state index in [1.54, 1.807) is 0 Å². The van der Waals surface area contributed by atoms with Gasteiger partial charge in [-0.1, -0.05) is 6.07 Å². The van der Waals surface area contributed by atoms with Gasteiger partial charge in [-0.3, -0.25) is 10.5 Å². The summed E-state index contributed by atoms with van der Waals surface area (Å²) in [5.74, 6) is 2.25. The third-order valence-corrected chi connectivity index (χ3v) is 6.61. The molecule has 2 fully saturated rings. The molecule has 2 aliphatic heterocycles. The van der Waals surface area contributed by atoms with Crippen molar-refractivity contribution in [2.45, 2.75) is 43.2 Å². The van der Waals surface area contributed by atoms with Gasteiger partial charge < -0.3 is 14.4 Å². The Morgan fingerprint density at radius 3 is 3.17 bits per heavy atom. The molecule has 0 amide bonds. The fourth-order valence-electron chi connectivity index (χ4n) is 5.71. The van der Waals surface area contributed by atoms with E-state index in [1.807, 2.05) is 6.07 Å². The van der Waals surface area contributed by atoms with Crippen LogP contribution in [0.2, 0.25) is 0 Å². The van der Waals surface area contributed by atoms with Gasteiger partial charge in [0.25, 0.3) is 0 Å². The van der Waals surface area contributed by atoms with Gasteiger partial charge in [-0.25, -0.2) is 0 Å². The lowest BCUT2D eigenvalue weighted by molar-refractivity contribution is -0.138. The SMILES string of the molecule is CN1CC[C@]23c4c5ccc(OCN)c4OC2C(=O)CC[C@H]3[C@H]1C5. The number of hydrogen-bond donors (Lipinski definition) is 1. The van der Waals surface area contributed by atoms with Crippen LogP contribution in [-0.4, -0.2) is 43.2 Å². The molecule has 1 aromatic carbocycles. The molecule has 23 heavy (non-hydrogen) atoms. The van der Waals surface area contributed by atoms with Gasteiger partial charge in [-0.2, -0.15) is 0 Å². The maximum atomic E-state index is 12.7. The van der Waals surface area contributed by atoms with Gasteiger partial charge >= 0.3 is 0 Å². The van der Waals surface area contributed by atoms with Crippen molar-refractivity contribution in [1.29, 1.82) is 0 Å². The zero-order valence-electron chi connectivity index (χ0n) is 13.4. The van der Waals surface area contributed by atoms with Gasteiger partial charge in [0.1, 0.15) is 6.73 Å². The van der Waals surface area contributed by atoms with Crippen LogP contribution in [0.5, 0.6) is 11.5 Å². The molecule has 2 aliphatic carbocycles. The van der Waals surface area contributed by atoms with E-state index >= 15 is 0 Å². The molecule has 4 atom stereocenters. The van der Waals surface area contributed by atoms with Crippen molar-refractivity contribution < 1.29 is 14.3 Å². The summed E-state index contributed by atoms with van der Waals surface area (Å²) in [6, 6.07) is 4.62. The van der Waals surface area contributed by atoms with E-state index in [1.165, 1.54) is 11.1 Å².